The Balaban J connectivity index is 2.29. The van der Waals surface area contributed by atoms with Crippen molar-refractivity contribution in [2.24, 2.45) is 0 Å². The number of carboxylic acid groups (broad SMARTS) is 1. The number of aromatic nitrogens is 2. The van der Waals surface area contributed by atoms with Gasteiger partial charge in [0.1, 0.15) is 4.60 Å². The molecule has 0 fully saturated rings. The first-order valence-corrected chi connectivity index (χ1v) is 6.91. The molecule has 3 aromatic rings. The van der Waals surface area contributed by atoms with Crippen LogP contribution in [0.2, 0.25) is 5.02 Å². The van der Waals surface area contributed by atoms with Crippen LogP contribution >= 0.6 is 27.5 Å². The number of hydrogen-bond acceptors (Lipinski definition) is 2. The fourth-order valence-corrected chi connectivity index (χ4v) is 2.78. The van der Waals surface area contributed by atoms with Crippen LogP contribution in [0.15, 0.2) is 47.2 Å². The molecule has 0 atom stereocenters. The summed E-state index contributed by atoms with van der Waals surface area (Å²) in [6.07, 6.45) is 1.81. The molecule has 0 amide bonds. The highest BCUT2D eigenvalue weighted by Crippen LogP contribution is 2.29. The summed E-state index contributed by atoms with van der Waals surface area (Å²) in [6, 6.07) is 11.5. The Kier molecular flexibility index (Phi) is 3.23. The highest BCUT2D eigenvalue weighted by molar-refractivity contribution is 9.10. The lowest BCUT2D eigenvalue weighted by molar-refractivity contribution is 0.0690. The first-order chi connectivity index (χ1) is 9.58. The first-order valence-electron chi connectivity index (χ1n) is 5.74. The Bertz CT molecular complexity index is 815. The quantitative estimate of drug-likeness (QED) is 0.756. The molecule has 0 aliphatic rings. The van der Waals surface area contributed by atoms with Crippen molar-refractivity contribution in [3.63, 3.8) is 0 Å². The number of halogens is 2. The summed E-state index contributed by atoms with van der Waals surface area (Å²) in [4.78, 5) is 15.1. The molecule has 2 heterocycles. The number of nitrogens with zero attached hydrogens (tertiary/aromatic N) is 2. The lowest BCUT2D eigenvalue weighted by Crippen LogP contribution is -1.97. The smallest absolute Gasteiger partial charge is 0.357 e. The predicted octanol–water partition coefficient (Wildman–Crippen LogP) is 4.12. The van der Waals surface area contributed by atoms with E-state index in [9.17, 15) is 4.79 Å². The molecule has 4 nitrogen and oxygen atoms in total. The number of hydrogen-bond donors (Lipinski definition) is 1. The monoisotopic (exact) mass is 350 g/mol. The second kappa shape index (κ2) is 4.92. The number of aromatic carboxylic acids is 1. The van der Waals surface area contributed by atoms with Crippen molar-refractivity contribution in [1.82, 2.24) is 9.38 Å². The summed E-state index contributed by atoms with van der Waals surface area (Å²) in [5.41, 5.74) is 2.24. The van der Waals surface area contributed by atoms with E-state index in [4.69, 9.17) is 16.7 Å². The average molecular weight is 352 g/mol. The second-order valence-corrected chi connectivity index (χ2v) is 5.35. The fraction of sp³-hybridized carbons (Fsp3) is 0. The molecule has 1 N–H and O–H groups in total. The van der Waals surface area contributed by atoms with Gasteiger partial charge in [-0.15, -0.1) is 0 Å². The fourth-order valence-electron chi connectivity index (χ4n) is 2.00. The van der Waals surface area contributed by atoms with Crippen LogP contribution in [-0.4, -0.2) is 20.5 Å². The van der Waals surface area contributed by atoms with Gasteiger partial charge in [0.2, 0.25) is 0 Å². The molecular weight excluding hydrogens is 344 g/mol. The summed E-state index contributed by atoms with van der Waals surface area (Å²) in [5.74, 6) is -1.10. The van der Waals surface area contributed by atoms with Gasteiger partial charge in [0.25, 0.3) is 0 Å². The molecule has 3 rings (SSSR count). The first kappa shape index (κ1) is 13.1. The van der Waals surface area contributed by atoms with E-state index < -0.39 is 5.97 Å². The van der Waals surface area contributed by atoms with Crippen molar-refractivity contribution in [3.8, 4) is 11.1 Å². The minimum Gasteiger partial charge on any atom is -0.476 e. The van der Waals surface area contributed by atoms with Crippen molar-refractivity contribution in [1.29, 1.82) is 0 Å². The third kappa shape index (κ3) is 2.09. The van der Waals surface area contributed by atoms with E-state index in [1.807, 2.05) is 30.3 Å². The Hall–Kier alpha value is -1.85. The Labute approximate surface area is 127 Å². The van der Waals surface area contributed by atoms with Gasteiger partial charge in [-0.3, -0.25) is 4.40 Å². The van der Waals surface area contributed by atoms with E-state index in [1.165, 1.54) is 0 Å². The molecule has 6 heteroatoms. The van der Waals surface area contributed by atoms with Crippen LogP contribution in [-0.2, 0) is 0 Å². The number of rotatable bonds is 2. The molecular formula is C14H8BrClN2O2. The van der Waals surface area contributed by atoms with Crippen molar-refractivity contribution >= 4 is 39.1 Å². The highest BCUT2D eigenvalue weighted by atomic mass is 79.9. The lowest BCUT2D eigenvalue weighted by Gasteiger charge is -2.05. The van der Waals surface area contributed by atoms with Gasteiger partial charge in [-0.1, -0.05) is 41.9 Å². The zero-order chi connectivity index (χ0) is 14.3. The van der Waals surface area contributed by atoms with Crippen molar-refractivity contribution in [2.45, 2.75) is 0 Å². The Morgan fingerprint density at radius 1 is 1.25 bits per heavy atom. The van der Waals surface area contributed by atoms with E-state index >= 15 is 0 Å². The maximum absolute atomic E-state index is 11.1. The molecule has 100 valence electrons. The normalized spacial score (nSPS) is 10.9. The van der Waals surface area contributed by atoms with Gasteiger partial charge in [0.05, 0.1) is 5.02 Å². The summed E-state index contributed by atoms with van der Waals surface area (Å²) in [5, 5.41) is 9.50. The molecule has 0 aliphatic carbocycles. The molecule has 0 saturated carbocycles. The number of carboxylic acids is 1. The van der Waals surface area contributed by atoms with E-state index in [1.54, 1.807) is 16.7 Å². The van der Waals surface area contributed by atoms with Gasteiger partial charge in [-0.2, -0.15) is 0 Å². The van der Waals surface area contributed by atoms with E-state index in [2.05, 4.69) is 20.9 Å². The predicted molar refractivity (Wildman–Crippen MR) is 80.3 cm³/mol. The lowest BCUT2D eigenvalue weighted by atomic mass is 10.1. The largest absolute Gasteiger partial charge is 0.476 e. The number of fused-ring (bicyclic) bond motifs is 1. The highest BCUT2D eigenvalue weighted by Gasteiger charge is 2.18. The summed E-state index contributed by atoms with van der Waals surface area (Å²) in [7, 11) is 0. The van der Waals surface area contributed by atoms with E-state index in [-0.39, 0.29) is 5.69 Å². The van der Waals surface area contributed by atoms with Crippen molar-refractivity contribution in [3.05, 3.63) is 57.9 Å². The van der Waals surface area contributed by atoms with Crippen LogP contribution in [0.5, 0.6) is 0 Å². The minimum absolute atomic E-state index is 0.0582. The Morgan fingerprint density at radius 2 is 1.95 bits per heavy atom. The number of imidazole rings is 1. The van der Waals surface area contributed by atoms with Gasteiger partial charge in [-0.05, 0) is 33.1 Å². The van der Waals surface area contributed by atoms with E-state index in [0.717, 1.165) is 11.1 Å². The number of benzene rings is 1. The van der Waals surface area contributed by atoms with Crippen LogP contribution in [0.25, 0.3) is 16.8 Å². The van der Waals surface area contributed by atoms with Crippen LogP contribution in [0, 0.1) is 0 Å². The second-order valence-electron chi connectivity index (χ2n) is 4.19. The molecule has 2 aromatic heterocycles. The summed E-state index contributed by atoms with van der Waals surface area (Å²) in [6.45, 7) is 0. The van der Waals surface area contributed by atoms with Crippen LogP contribution in [0.3, 0.4) is 0 Å². The molecule has 0 radical (unpaired) electrons. The van der Waals surface area contributed by atoms with Crippen LogP contribution in [0.1, 0.15) is 10.5 Å². The zero-order valence-corrected chi connectivity index (χ0v) is 12.4. The molecule has 20 heavy (non-hydrogen) atoms. The summed E-state index contributed by atoms with van der Waals surface area (Å²) < 4.78 is 2.01. The molecule has 0 unspecified atom stereocenters. The summed E-state index contributed by atoms with van der Waals surface area (Å²) >= 11 is 9.46. The molecule has 1 aromatic carbocycles. The van der Waals surface area contributed by atoms with Crippen molar-refractivity contribution in [2.75, 3.05) is 0 Å². The molecule has 0 aliphatic heterocycles. The standard InChI is InChI=1S/C14H8BrClN2O2/c15-12-11(14(19)20)17-13-10(16)6-9(7-18(12)13)8-4-2-1-3-5-8/h1-7H,(H,19,20). The number of carbonyl (C=O) groups is 1. The van der Waals surface area contributed by atoms with Crippen molar-refractivity contribution < 1.29 is 9.90 Å². The van der Waals surface area contributed by atoms with E-state index in [0.29, 0.717) is 15.3 Å². The van der Waals surface area contributed by atoms with Gasteiger partial charge in [-0.25, -0.2) is 9.78 Å². The molecule has 0 spiro atoms. The third-order valence-corrected chi connectivity index (χ3v) is 3.96. The zero-order valence-electron chi connectivity index (χ0n) is 10.0. The maximum atomic E-state index is 11.1. The van der Waals surface area contributed by atoms with Crippen LogP contribution in [0.4, 0.5) is 0 Å². The average Bonchev–Trinajstić information content (AvgIpc) is 2.78. The Morgan fingerprint density at radius 3 is 2.60 bits per heavy atom. The third-order valence-electron chi connectivity index (χ3n) is 2.93. The van der Waals surface area contributed by atoms with Gasteiger partial charge < -0.3 is 5.11 Å². The minimum atomic E-state index is -1.10. The maximum Gasteiger partial charge on any atom is 0.357 e. The molecule has 0 saturated heterocycles. The molecule has 0 bridgehead atoms. The van der Waals surface area contributed by atoms with Gasteiger partial charge in [0.15, 0.2) is 11.3 Å². The SMILES string of the molecule is O=C(O)c1nc2c(Cl)cc(-c3ccccc3)cn2c1Br. The topological polar surface area (TPSA) is 54.6 Å². The van der Waals surface area contributed by atoms with Gasteiger partial charge >= 0.3 is 5.97 Å². The van der Waals surface area contributed by atoms with Crippen LogP contribution < -0.4 is 0 Å². The van der Waals surface area contributed by atoms with Gasteiger partial charge in [0, 0.05) is 6.20 Å². The number of pyridine rings is 1.